The van der Waals surface area contributed by atoms with E-state index in [-0.39, 0.29) is 11.7 Å². The van der Waals surface area contributed by atoms with Crippen molar-refractivity contribution in [2.45, 2.75) is 26.7 Å². The molecule has 1 rings (SSSR count). The van der Waals surface area contributed by atoms with E-state index in [0.717, 1.165) is 16.8 Å². The van der Waals surface area contributed by atoms with Crippen LogP contribution in [0.25, 0.3) is 0 Å². The molecule has 16 heavy (non-hydrogen) atoms. The van der Waals surface area contributed by atoms with Crippen LogP contribution < -0.4 is 5.32 Å². The third-order valence-corrected chi connectivity index (χ3v) is 2.39. The molecule has 2 N–H and O–H groups in total. The molecule has 1 aromatic rings. The fraction of sp³-hybridized carbons (Fsp3) is 0.308. The van der Waals surface area contributed by atoms with Crippen LogP contribution in [0.3, 0.4) is 0 Å². The smallest absolute Gasteiger partial charge is 0.224 e. The van der Waals surface area contributed by atoms with E-state index in [2.05, 4.69) is 11.9 Å². The summed E-state index contributed by atoms with van der Waals surface area (Å²) in [5.41, 5.74) is 2.36. The van der Waals surface area contributed by atoms with Gasteiger partial charge in [-0.3, -0.25) is 4.79 Å². The molecule has 0 fully saturated rings. The molecule has 0 heterocycles. The van der Waals surface area contributed by atoms with Gasteiger partial charge in [0, 0.05) is 12.1 Å². The van der Waals surface area contributed by atoms with Gasteiger partial charge in [0.2, 0.25) is 5.91 Å². The van der Waals surface area contributed by atoms with Gasteiger partial charge in [0.15, 0.2) is 0 Å². The Kier molecular flexibility index (Phi) is 4.11. The number of hydrogen-bond acceptors (Lipinski definition) is 2. The Balaban J connectivity index is 2.77. The zero-order chi connectivity index (χ0) is 12.1. The van der Waals surface area contributed by atoms with Crippen LogP contribution >= 0.6 is 0 Å². The highest BCUT2D eigenvalue weighted by molar-refractivity contribution is 5.91. The minimum absolute atomic E-state index is 0.0342. The van der Waals surface area contributed by atoms with Crippen LogP contribution in [-0.4, -0.2) is 11.0 Å². The maximum atomic E-state index is 11.5. The van der Waals surface area contributed by atoms with Crippen LogP contribution in [0.4, 0.5) is 5.69 Å². The summed E-state index contributed by atoms with van der Waals surface area (Å²) in [5, 5.41) is 12.3. The molecule has 0 aromatic heterocycles. The number of carbonyl (C=O) groups excluding carboxylic acids is 1. The van der Waals surface area contributed by atoms with E-state index in [1.807, 2.05) is 6.92 Å². The van der Waals surface area contributed by atoms with Crippen molar-refractivity contribution >= 4 is 11.6 Å². The number of nitrogens with one attached hydrogen (secondary N) is 1. The zero-order valence-electron chi connectivity index (χ0n) is 9.71. The standard InChI is InChI=1S/C13H17NO2/c1-4-5-6-13(16)14-11-7-10(3)12(15)8-9(11)2/h4,7-8,15H,1,5-6H2,2-3H3,(H,14,16). The Morgan fingerprint density at radius 3 is 2.75 bits per heavy atom. The quantitative estimate of drug-likeness (QED) is 0.604. The average Bonchev–Trinajstić information content (AvgIpc) is 2.23. The van der Waals surface area contributed by atoms with Gasteiger partial charge in [-0.1, -0.05) is 6.08 Å². The molecule has 0 aliphatic heterocycles. The van der Waals surface area contributed by atoms with Crippen molar-refractivity contribution in [2.75, 3.05) is 5.32 Å². The van der Waals surface area contributed by atoms with Gasteiger partial charge in [0.25, 0.3) is 0 Å². The van der Waals surface area contributed by atoms with Crippen molar-refractivity contribution < 1.29 is 9.90 Å². The molecule has 86 valence electrons. The molecule has 1 aromatic carbocycles. The van der Waals surface area contributed by atoms with E-state index < -0.39 is 0 Å². The van der Waals surface area contributed by atoms with E-state index in [4.69, 9.17) is 0 Å². The number of anilines is 1. The lowest BCUT2D eigenvalue weighted by Crippen LogP contribution is -2.11. The number of aryl methyl sites for hydroxylation is 2. The number of rotatable bonds is 4. The summed E-state index contributed by atoms with van der Waals surface area (Å²) >= 11 is 0. The topological polar surface area (TPSA) is 49.3 Å². The predicted molar refractivity (Wildman–Crippen MR) is 65.6 cm³/mol. The average molecular weight is 219 g/mol. The van der Waals surface area contributed by atoms with Crippen molar-refractivity contribution in [1.82, 2.24) is 0 Å². The summed E-state index contributed by atoms with van der Waals surface area (Å²) in [5.74, 6) is 0.217. The van der Waals surface area contributed by atoms with Crippen LogP contribution in [0.2, 0.25) is 0 Å². The summed E-state index contributed by atoms with van der Waals surface area (Å²) in [6, 6.07) is 3.43. The first-order valence-electron chi connectivity index (χ1n) is 5.25. The number of amides is 1. The molecule has 0 bridgehead atoms. The largest absolute Gasteiger partial charge is 0.508 e. The molecule has 0 saturated heterocycles. The SMILES string of the molecule is C=CCCC(=O)Nc1cc(C)c(O)cc1C. The maximum Gasteiger partial charge on any atom is 0.224 e. The Labute approximate surface area is 95.8 Å². The number of carbonyl (C=O) groups is 1. The lowest BCUT2D eigenvalue weighted by molar-refractivity contribution is -0.116. The van der Waals surface area contributed by atoms with E-state index >= 15 is 0 Å². The summed E-state index contributed by atoms with van der Waals surface area (Å²) in [6.45, 7) is 7.22. The van der Waals surface area contributed by atoms with Gasteiger partial charge in [-0.05, 0) is 43.5 Å². The van der Waals surface area contributed by atoms with E-state index in [1.165, 1.54) is 0 Å². The molecule has 1 amide bonds. The second-order valence-electron chi connectivity index (χ2n) is 3.83. The monoisotopic (exact) mass is 219 g/mol. The van der Waals surface area contributed by atoms with Gasteiger partial charge in [-0.2, -0.15) is 0 Å². The number of allylic oxidation sites excluding steroid dienone is 1. The molecule has 3 heteroatoms. The molecular weight excluding hydrogens is 202 g/mol. The molecule has 3 nitrogen and oxygen atoms in total. The molecular formula is C13H17NO2. The van der Waals surface area contributed by atoms with Crippen molar-refractivity contribution in [2.24, 2.45) is 0 Å². The normalized spacial score (nSPS) is 9.88. The fourth-order valence-corrected chi connectivity index (χ4v) is 1.38. The third kappa shape index (κ3) is 3.12. The molecule has 0 aliphatic carbocycles. The lowest BCUT2D eigenvalue weighted by atomic mass is 10.1. The van der Waals surface area contributed by atoms with Gasteiger partial charge < -0.3 is 10.4 Å². The molecule has 0 saturated carbocycles. The summed E-state index contributed by atoms with van der Waals surface area (Å²) < 4.78 is 0. The van der Waals surface area contributed by atoms with Crippen LogP contribution in [-0.2, 0) is 4.79 Å². The number of phenolic OH excluding ortho intramolecular Hbond substituents is 1. The van der Waals surface area contributed by atoms with Crippen LogP contribution in [0.15, 0.2) is 24.8 Å². The number of aromatic hydroxyl groups is 1. The van der Waals surface area contributed by atoms with Gasteiger partial charge in [0.05, 0.1) is 0 Å². The molecule has 0 spiro atoms. The molecule has 0 atom stereocenters. The molecule has 0 aliphatic rings. The van der Waals surface area contributed by atoms with E-state index in [1.54, 1.807) is 25.1 Å². The highest BCUT2D eigenvalue weighted by Crippen LogP contribution is 2.25. The molecule has 0 unspecified atom stereocenters. The van der Waals surface area contributed by atoms with Crippen molar-refractivity contribution in [3.63, 3.8) is 0 Å². The Bertz CT molecular complexity index is 411. The minimum Gasteiger partial charge on any atom is -0.508 e. The number of phenols is 1. The minimum atomic E-state index is -0.0342. The Hall–Kier alpha value is -1.77. The summed E-state index contributed by atoms with van der Waals surface area (Å²) in [7, 11) is 0. The number of hydrogen-bond donors (Lipinski definition) is 2. The van der Waals surface area contributed by atoms with Crippen LogP contribution in [0.1, 0.15) is 24.0 Å². The lowest BCUT2D eigenvalue weighted by Gasteiger charge is -2.10. The van der Waals surface area contributed by atoms with Crippen LogP contribution in [0.5, 0.6) is 5.75 Å². The summed E-state index contributed by atoms with van der Waals surface area (Å²) in [4.78, 5) is 11.5. The van der Waals surface area contributed by atoms with Crippen molar-refractivity contribution in [3.05, 3.63) is 35.9 Å². The highest BCUT2D eigenvalue weighted by atomic mass is 16.3. The van der Waals surface area contributed by atoms with Gasteiger partial charge >= 0.3 is 0 Å². The Morgan fingerprint density at radius 1 is 1.44 bits per heavy atom. The first-order chi connectivity index (χ1) is 7.54. The Morgan fingerprint density at radius 2 is 2.12 bits per heavy atom. The first kappa shape index (κ1) is 12.3. The van der Waals surface area contributed by atoms with Gasteiger partial charge in [0.1, 0.15) is 5.75 Å². The summed E-state index contributed by atoms with van der Waals surface area (Å²) in [6.07, 6.45) is 2.82. The first-order valence-corrected chi connectivity index (χ1v) is 5.25. The van der Waals surface area contributed by atoms with Crippen molar-refractivity contribution in [3.8, 4) is 5.75 Å². The van der Waals surface area contributed by atoms with E-state index in [0.29, 0.717) is 12.8 Å². The number of benzene rings is 1. The van der Waals surface area contributed by atoms with E-state index in [9.17, 15) is 9.90 Å². The fourth-order valence-electron chi connectivity index (χ4n) is 1.38. The van der Waals surface area contributed by atoms with Crippen molar-refractivity contribution in [1.29, 1.82) is 0 Å². The van der Waals surface area contributed by atoms with Gasteiger partial charge in [-0.25, -0.2) is 0 Å². The predicted octanol–water partition coefficient (Wildman–Crippen LogP) is 2.91. The highest BCUT2D eigenvalue weighted by Gasteiger charge is 2.06. The zero-order valence-corrected chi connectivity index (χ0v) is 9.71. The van der Waals surface area contributed by atoms with Gasteiger partial charge in [-0.15, -0.1) is 6.58 Å². The third-order valence-electron chi connectivity index (χ3n) is 2.39. The maximum absolute atomic E-state index is 11.5. The second kappa shape index (κ2) is 5.35. The second-order valence-corrected chi connectivity index (χ2v) is 3.83. The van der Waals surface area contributed by atoms with Crippen LogP contribution in [0, 0.1) is 13.8 Å². The molecule has 0 radical (unpaired) electrons.